The predicted octanol–water partition coefficient (Wildman–Crippen LogP) is 2.59. The van der Waals surface area contributed by atoms with Crippen molar-refractivity contribution in [1.82, 2.24) is 15.3 Å². The third-order valence-corrected chi connectivity index (χ3v) is 3.90. The van der Waals surface area contributed by atoms with Crippen LogP contribution >= 0.6 is 11.8 Å². The number of aromatic amines is 1. The van der Waals surface area contributed by atoms with E-state index in [9.17, 15) is 4.79 Å². The molecule has 1 atom stereocenters. The first-order chi connectivity index (χ1) is 9.24. The van der Waals surface area contributed by atoms with Crippen molar-refractivity contribution in [2.24, 2.45) is 0 Å². The summed E-state index contributed by atoms with van der Waals surface area (Å²) in [5.41, 5.74) is 1.10. The van der Waals surface area contributed by atoms with Crippen molar-refractivity contribution in [2.45, 2.75) is 29.4 Å². The highest BCUT2D eigenvalue weighted by Gasteiger charge is 2.12. The summed E-state index contributed by atoms with van der Waals surface area (Å²) >= 11 is 1.48. The van der Waals surface area contributed by atoms with Gasteiger partial charge < -0.3 is 10.3 Å². The molecular weight excluding hydrogens is 258 g/mol. The third-order valence-electron chi connectivity index (χ3n) is 2.91. The van der Waals surface area contributed by atoms with Crippen LogP contribution in [-0.2, 0) is 0 Å². The first-order valence-corrected chi connectivity index (χ1v) is 7.05. The van der Waals surface area contributed by atoms with Gasteiger partial charge in [0.1, 0.15) is 0 Å². The molecule has 2 rings (SSSR count). The van der Waals surface area contributed by atoms with Crippen molar-refractivity contribution >= 4 is 11.8 Å². The first-order valence-electron chi connectivity index (χ1n) is 6.24. The van der Waals surface area contributed by atoms with Gasteiger partial charge in [0, 0.05) is 23.2 Å². The molecule has 1 heterocycles. The zero-order valence-corrected chi connectivity index (χ0v) is 11.8. The molecule has 0 fully saturated rings. The summed E-state index contributed by atoms with van der Waals surface area (Å²) < 4.78 is 0. The molecule has 5 heteroatoms. The molecule has 1 aromatic carbocycles. The van der Waals surface area contributed by atoms with Crippen LogP contribution in [0, 0.1) is 0 Å². The van der Waals surface area contributed by atoms with E-state index in [1.165, 1.54) is 29.6 Å². The average Bonchev–Trinajstić information content (AvgIpc) is 2.42. The molecule has 1 aromatic heterocycles. The van der Waals surface area contributed by atoms with E-state index in [0.29, 0.717) is 11.2 Å². The average molecular weight is 275 g/mol. The van der Waals surface area contributed by atoms with E-state index >= 15 is 0 Å². The van der Waals surface area contributed by atoms with Gasteiger partial charge in [0.2, 0.25) is 0 Å². The quantitative estimate of drug-likeness (QED) is 0.824. The van der Waals surface area contributed by atoms with Gasteiger partial charge in [-0.25, -0.2) is 4.98 Å². The second-order valence-electron chi connectivity index (χ2n) is 4.13. The molecule has 0 aliphatic heterocycles. The smallest absolute Gasteiger partial charge is 0.251 e. The molecule has 100 valence electrons. The van der Waals surface area contributed by atoms with Gasteiger partial charge in [-0.3, -0.25) is 4.79 Å². The minimum Gasteiger partial charge on any atom is -0.313 e. The van der Waals surface area contributed by atoms with Gasteiger partial charge in [0.25, 0.3) is 5.56 Å². The molecule has 1 unspecified atom stereocenters. The van der Waals surface area contributed by atoms with E-state index in [0.717, 1.165) is 11.3 Å². The van der Waals surface area contributed by atoms with E-state index in [4.69, 9.17) is 0 Å². The lowest BCUT2D eigenvalue weighted by atomic mass is 10.1. The molecule has 0 saturated carbocycles. The minimum absolute atomic E-state index is 0.129. The van der Waals surface area contributed by atoms with E-state index in [2.05, 4.69) is 28.3 Å². The van der Waals surface area contributed by atoms with Crippen LogP contribution in [0.5, 0.6) is 0 Å². The summed E-state index contributed by atoms with van der Waals surface area (Å²) in [4.78, 5) is 19.3. The lowest BCUT2D eigenvalue weighted by Gasteiger charge is -2.17. The highest BCUT2D eigenvalue weighted by Crippen LogP contribution is 2.31. The first kappa shape index (κ1) is 13.8. The number of H-pyrrole nitrogens is 1. The van der Waals surface area contributed by atoms with Gasteiger partial charge >= 0.3 is 0 Å². The number of aromatic nitrogens is 2. The summed E-state index contributed by atoms with van der Waals surface area (Å²) in [6.07, 6.45) is 2.53. The normalized spacial score (nSPS) is 12.3. The van der Waals surface area contributed by atoms with Gasteiger partial charge in [0.05, 0.1) is 0 Å². The van der Waals surface area contributed by atoms with E-state index in [1.807, 2.05) is 25.2 Å². The Kier molecular flexibility index (Phi) is 4.76. The summed E-state index contributed by atoms with van der Waals surface area (Å²) in [5, 5.41) is 3.92. The third kappa shape index (κ3) is 3.45. The number of nitrogens with one attached hydrogen (secondary N) is 2. The van der Waals surface area contributed by atoms with E-state index in [-0.39, 0.29) is 5.56 Å². The van der Waals surface area contributed by atoms with Gasteiger partial charge in [-0.15, -0.1) is 0 Å². The van der Waals surface area contributed by atoms with Crippen molar-refractivity contribution in [2.75, 3.05) is 7.05 Å². The Bertz CT molecular complexity index is 593. The van der Waals surface area contributed by atoms with Crippen molar-refractivity contribution in [3.05, 3.63) is 52.4 Å². The number of benzene rings is 1. The van der Waals surface area contributed by atoms with Crippen LogP contribution < -0.4 is 10.9 Å². The Morgan fingerprint density at radius 1 is 1.37 bits per heavy atom. The largest absolute Gasteiger partial charge is 0.313 e. The summed E-state index contributed by atoms with van der Waals surface area (Å²) in [6.45, 7) is 2.14. The van der Waals surface area contributed by atoms with Crippen molar-refractivity contribution in [1.29, 1.82) is 0 Å². The fourth-order valence-corrected chi connectivity index (χ4v) is 2.90. The predicted molar refractivity (Wildman–Crippen MR) is 77.5 cm³/mol. The number of nitrogens with zero attached hydrogens (tertiary/aromatic N) is 1. The fraction of sp³-hybridized carbons (Fsp3) is 0.286. The minimum atomic E-state index is -0.129. The Morgan fingerprint density at radius 2 is 2.16 bits per heavy atom. The zero-order valence-electron chi connectivity index (χ0n) is 11.0. The number of rotatable bonds is 5. The highest BCUT2D eigenvalue weighted by atomic mass is 32.2. The molecule has 0 spiro atoms. The molecule has 4 nitrogen and oxygen atoms in total. The molecular formula is C14H17N3OS. The molecule has 2 aromatic rings. The maximum absolute atomic E-state index is 11.3. The van der Waals surface area contributed by atoms with Crippen LogP contribution in [0.1, 0.15) is 24.9 Å². The van der Waals surface area contributed by atoms with Crippen LogP contribution in [-0.4, -0.2) is 17.0 Å². The number of hydrogen-bond donors (Lipinski definition) is 2. The Labute approximate surface area is 116 Å². The molecule has 19 heavy (non-hydrogen) atoms. The maximum atomic E-state index is 11.3. The lowest BCUT2D eigenvalue weighted by Crippen LogP contribution is -2.16. The molecule has 0 bridgehead atoms. The number of hydrogen-bond acceptors (Lipinski definition) is 4. The van der Waals surface area contributed by atoms with Crippen LogP contribution in [0.15, 0.2) is 51.4 Å². The fourth-order valence-electron chi connectivity index (χ4n) is 1.95. The van der Waals surface area contributed by atoms with Crippen molar-refractivity contribution in [3.63, 3.8) is 0 Å². The van der Waals surface area contributed by atoms with Gasteiger partial charge in [-0.1, -0.05) is 36.9 Å². The summed E-state index contributed by atoms with van der Waals surface area (Å²) in [5.74, 6) is 0. The van der Waals surface area contributed by atoms with Crippen LogP contribution in [0.25, 0.3) is 0 Å². The molecule has 0 saturated heterocycles. The maximum Gasteiger partial charge on any atom is 0.251 e. The molecule has 0 radical (unpaired) electrons. The second-order valence-corrected chi connectivity index (χ2v) is 5.16. The van der Waals surface area contributed by atoms with Crippen molar-refractivity contribution in [3.8, 4) is 0 Å². The molecule has 0 amide bonds. The van der Waals surface area contributed by atoms with E-state index < -0.39 is 0 Å². The Morgan fingerprint density at radius 3 is 2.84 bits per heavy atom. The standard InChI is InChI=1S/C14H17N3OS/c1-3-11(15-2)10-6-4-5-7-12(10)19-14-16-9-8-13(18)17-14/h4-9,11,15H,3H2,1-2H3,(H,16,17,18). The second kappa shape index (κ2) is 6.54. The topological polar surface area (TPSA) is 57.8 Å². The van der Waals surface area contributed by atoms with Gasteiger partial charge in [-0.2, -0.15) is 0 Å². The highest BCUT2D eigenvalue weighted by molar-refractivity contribution is 7.99. The molecule has 0 aliphatic carbocycles. The van der Waals surface area contributed by atoms with Crippen molar-refractivity contribution < 1.29 is 0 Å². The zero-order chi connectivity index (χ0) is 13.7. The van der Waals surface area contributed by atoms with Gasteiger partial charge in [0.15, 0.2) is 5.16 Å². The van der Waals surface area contributed by atoms with Crippen LogP contribution in [0.2, 0.25) is 0 Å². The van der Waals surface area contributed by atoms with E-state index in [1.54, 1.807) is 0 Å². The van der Waals surface area contributed by atoms with Crippen LogP contribution in [0.3, 0.4) is 0 Å². The lowest BCUT2D eigenvalue weighted by molar-refractivity contribution is 0.568. The SMILES string of the molecule is CCC(NC)c1ccccc1Sc1nccc(=O)[nH]1. The van der Waals surface area contributed by atoms with Crippen LogP contribution in [0.4, 0.5) is 0 Å². The Balaban J connectivity index is 2.32. The monoisotopic (exact) mass is 275 g/mol. The molecule has 0 aliphatic rings. The van der Waals surface area contributed by atoms with Gasteiger partial charge in [-0.05, 0) is 25.1 Å². The summed E-state index contributed by atoms with van der Waals surface area (Å²) in [7, 11) is 1.96. The summed E-state index contributed by atoms with van der Waals surface area (Å²) in [6, 6.07) is 9.90. The Hall–Kier alpha value is -1.59. The molecule has 2 N–H and O–H groups in total.